The van der Waals surface area contributed by atoms with E-state index in [0.717, 1.165) is 19.4 Å². The largest absolute Gasteiger partial charge is 0.382 e. The summed E-state index contributed by atoms with van der Waals surface area (Å²) in [5, 5.41) is 16.9. The molecule has 0 aliphatic carbocycles. The standard InChI is InChI=1S/C11H17N3O2/c1-3-4-8-13-10-7-5-6-9(12-2)11(10)14(15)16/h5-7,12-13H,3-4,8H2,1-2H3. The van der Waals surface area contributed by atoms with Crippen LogP contribution in [0.5, 0.6) is 0 Å². The molecule has 1 rings (SSSR count). The van der Waals surface area contributed by atoms with Crippen LogP contribution in [0, 0.1) is 10.1 Å². The van der Waals surface area contributed by atoms with Crippen molar-refractivity contribution in [2.75, 3.05) is 24.2 Å². The minimum absolute atomic E-state index is 0.112. The lowest BCUT2D eigenvalue weighted by atomic mass is 10.2. The lowest BCUT2D eigenvalue weighted by molar-refractivity contribution is -0.383. The molecule has 2 N–H and O–H groups in total. The van der Waals surface area contributed by atoms with Gasteiger partial charge in [-0.15, -0.1) is 0 Å². The Morgan fingerprint density at radius 3 is 2.62 bits per heavy atom. The number of hydrogen-bond acceptors (Lipinski definition) is 4. The van der Waals surface area contributed by atoms with Crippen molar-refractivity contribution in [2.45, 2.75) is 19.8 Å². The average molecular weight is 223 g/mol. The summed E-state index contributed by atoms with van der Waals surface area (Å²) in [6.07, 6.45) is 2.06. The minimum atomic E-state index is -0.361. The van der Waals surface area contributed by atoms with E-state index in [9.17, 15) is 10.1 Å². The molecule has 0 radical (unpaired) electrons. The third kappa shape index (κ3) is 2.85. The van der Waals surface area contributed by atoms with Gasteiger partial charge >= 0.3 is 5.69 Å². The first-order chi connectivity index (χ1) is 7.70. The van der Waals surface area contributed by atoms with Crippen LogP contribution in [0.25, 0.3) is 0 Å². The topological polar surface area (TPSA) is 67.2 Å². The Morgan fingerprint density at radius 1 is 1.38 bits per heavy atom. The fraction of sp³-hybridized carbons (Fsp3) is 0.455. The molecule has 0 aliphatic heterocycles. The van der Waals surface area contributed by atoms with Crippen LogP contribution in [0.4, 0.5) is 17.1 Å². The maximum Gasteiger partial charge on any atom is 0.315 e. The predicted molar refractivity (Wildman–Crippen MR) is 66.0 cm³/mol. The van der Waals surface area contributed by atoms with Gasteiger partial charge in [0.05, 0.1) is 4.92 Å². The zero-order valence-electron chi connectivity index (χ0n) is 9.62. The third-order valence-electron chi connectivity index (χ3n) is 2.33. The van der Waals surface area contributed by atoms with E-state index >= 15 is 0 Å². The zero-order valence-corrected chi connectivity index (χ0v) is 9.62. The number of hydrogen-bond donors (Lipinski definition) is 2. The number of nitrogens with one attached hydrogen (secondary N) is 2. The molecular formula is C11H17N3O2. The second kappa shape index (κ2) is 5.95. The van der Waals surface area contributed by atoms with Crippen molar-refractivity contribution in [3.8, 4) is 0 Å². The number of benzene rings is 1. The van der Waals surface area contributed by atoms with Gasteiger partial charge in [0, 0.05) is 13.6 Å². The van der Waals surface area contributed by atoms with Crippen molar-refractivity contribution in [3.05, 3.63) is 28.3 Å². The number of unbranched alkanes of at least 4 members (excludes halogenated alkanes) is 1. The molecule has 88 valence electrons. The Morgan fingerprint density at radius 2 is 2.06 bits per heavy atom. The van der Waals surface area contributed by atoms with E-state index in [1.54, 1.807) is 25.2 Å². The van der Waals surface area contributed by atoms with Crippen molar-refractivity contribution in [1.29, 1.82) is 0 Å². The number of nitro groups is 1. The highest BCUT2D eigenvalue weighted by atomic mass is 16.6. The van der Waals surface area contributed by atoms with Crippen LogP contribution in [0.2, 0.25) is 0 Å². The summed E-state index contributed by atoms with van der Waals surface area (Å²) in [6.45, 7) is 2.84. The van der Waals surface area contributed by atoms with E-state index < -0.39 is 0 Å². The quantitative estimate of drug-likeness (QED) is 0.442. The summed E-state index contributed by atoms with van der Waals surface area (Å²) in [7, 11) is 1.68. The minimum Gasteiger partial charge on any atom is -0.382 e. The maximum absolute atomic E-state index is 11.0. The molecule has 0 atom stereocenters. The number of rotatable bonds is 6. The van der Waals surface area contributed by atoms with Crippen LogP contribution in [0.3, 0.4) is 0 Å². The molecule has 0 spiro atoms. The second-order valence-corrected chi connectivity index (χ2v) is 3.49. The van der Waals surface area contributed by atoms with E-state index in [2.05, 4.69) is 17.6 Å². The molecule has 0 fully saturated rings. The molecule has 0 amide bonds. The Hall–Kier alpha value is -1.78. The number of anilines is 2. The van der Waals surface area contributed by atoms with Gasteiger partial charge in [-0.1, -0.05) is 19.4 Å². The normalized spacial score (nSPS) is 9.88. The van der Waals surface area contributed by atoms with Gasteiger partial charge in [-0.05, 0) is 18.6 Å². The van der Waals surface area contributed by atoms with Crippen molar-refractivity contribution >= 4 is 17.1 Å². The lowest BCUT2D eigenvalue weighted by Crippen LogP contribution is -2.05. The molecule has 0 unspecified atom stereocenters. The Bertz CT molecular complexity index is 366. The predicted octanol–water partition coefficient (Wildman–Crippen LogP) is 2.85. The van der Waals surface area contributed by atoms with Crippen molar-refractivity contribution < 1.29 is 4.92 Å². The van der Waals surface area contributed by atoms with Crippen LogP contribution < -0.4 is 10.6 Å². The molecule has 0 heterocycles. The highest BCUT2D eigenvalue weighted by molar-refractivity contribution is 5.75. The number of nitro benzene ring substituents is 1. The molecule has 0 saturated carbocycles. The van der Waals surface area contributed by atoms with E-state index in [1.165, 1.54) is 0 Å². The van der Waals surface area contributed by atoms with Gasteiger partial charge in [0.15, 0.2) is 0 Å². The average Bonchev–Trinajstić information content (AvgIpc) is 2.28. The molecule has 0 aromatic heterocycles. The van der Waals surface area contributed by atoms with Crippen LogP contribution in [0.1, 0.15) is 19.8 Å². The summed E-state index contributed by atoms with van der Waals surface area (Å²) in [5.41, 5.74) is 1.22. The first kappa shape index (κ1) is 12.3. The summed E-state index contributed by atoms with van der Waals surface area (Å²) < 4.78 is 0. The number of para-hydroxylation sites is 1. The third-order valence-corrected chi connectivity index (χ3v) is 2.33. The SMILES string of the molecule is CCCCNc1cccc(NC)c1[N+](=O)[O-]. The molecule has 16 heavy (non-hydrogen) atoms. The molecule has 0 aliphatic rings. The molecule has 5 heteroatoms. The Balaban J connectivity index is 2.93. The summed E-state index contributed by atoms with van der Waals surface area (Å²) in [4.78, 5) is 10.6. The maximum atomic E-state index is 11.0. The molecular weight excluding hydrogens is 206 g/mol. The van der Waals surface area contributed by atoms with Crippen LogP contribution in [0.15, 0.2) is 18.2 Å². The first-order valence-electron chi connectivity index (χ1n) is 5.39. The van der Waals surface area contributed by atoms with E-state index in [1.807, 2.05) is 0 Å². The van der Waals surface area contributed by atoms with Crippen LogP contribution in [-0.4, -0.2) is 18.5 Å². The Kier molecular flexibility index (Phi) is 4.57. The fourth-order valence-corrected chi connectivity index (χ4v) is 1.48. The van der Waals surface area contributed by atoms with Crippen molar-refractivity contribution in [1.82, 2.24) is 0 Å². The summed E-state index contributed by atoms with van der Waals surface area (Å²) >= 11 is 0. The zero-order chi connectivity index (χ0) is 12.0. The van der Waals surface area contributed by atoms with Gasteiger partial charge < -0.3 is 10.6 Å². The molecule has 1 aromatic rings. The van der Waals surface area contributed by atoms with E-state index in [0.29, 0.717) is 11.4 Å². The highest BCUT2D eigenvalue weighted by Gasteiger charge is 2.17. The summed E-state index contributed by atoms with van der Waals surface area (Å²) in [6, 6.07) is 5.23. The van der Waals surface area contributed by atoms with Gasteiger partial charge in [0.25, 0.3) is 0 Å². The molecule has 0 saturated heterocycles. The van der Waals surface area contributed by atoms with Crippen molar-refractivity contribution in [2.24, 2.45) is 0 Å². The molecule has 0 bridgehead atoms. The second-order valence-electron chi connectivity index (χ2n) is 3.49. The number of nitrogens with zero attached hydrogens (tertiary/aromatic N) is 1. The van der Waals surface area contributed by atoms with Gasteiger partial charge in [0.2, 0.25) is 0 Å². The fourth-order valence-electron chi connectivity index (χ4n) is 1.48. The van der Waals surface area contributed by atoms with E-state index in [-0.39, 0.29) is 10.6 Å². The van der Waals surface area contributed by atoms with Crippen LogP contribution in [-0.2, 0) is 0 Å². The monoisotopic (exact) mass is 223 g/mol. The van der Waals surface area contributed by atoms with Gasteiger partial charge in [-0.25, -0.2) is 0 Å². The first-order valence-corrected chi connectivity index (χ1v) is 5.39. The summed E-state index contributed by atoms with van der Waals surface area (Å²) in [5.74, 6) is 0. The molecule has 5 nitrogen and oxygen atoms in total. The van der Waals surface area contributed by atoms with Gasteiger partial charge in [-0.3, -0.25) is 10.1 Å². The Labute approximate surface area is 95.0 Å². The highest BCUT2D eigenvalue weighted by Crippen LogP contribution is 2.32. The molecule has 1 aromatic carbocycles. The van der Waals surface area contributed by atoms with Gasteiger partial charge in [-0.2, -0.15) is 0 Å². The lowest BCUT2D eigenvalue weighted by Gasteiger charge is -2.09. The van der Waals surface area contributed by atoms with Crippen LogP contribution >= 0.6 is 0 Å². The smallest absolute Gasteiger partial charge is 0.315 e. The van der Waals surface area contributed by atoms with Crippen molar-refractivity contribution in [3.63, 3.8) is 0 Å². The van der Waals surface area contributed by atoms with E-state index in [4.69, 9.17) is 0 Å². The van der Waals surface area contributed by atoms with Gasteiger partial charge in [0.1, 0.15) is 11.4 Å².